The van der Waals surface area contributed by atoms with Crippen molar-refractivity contribution < 1.29 is 4.39 Å². The van der Waals surface area contributed by atoms with Gasteiger partial charge in [0.2, 0.25) is 0 Å². The van der Waals surface area contributed by atoms with Crippen molar-refractivity contribution in [1.82, 2.24) is 10.2 Å². The Hall–Kier alpha value is -0.450. The highest BCUT2D eigenvalue weighted by atomic mass is 79.9. The molecule has 1 N–H and O–H groups in total. The number of nitrogens with zero attached hydrogens (tertiary/aromatic N) is 1. The molecule has 1 aliphatic rings. The van der Waals surface area contributed by atoms with Gasteiger partial charge in [0.05, 0.1) is 0 Å². The second kappa shape index (κ2) is 7.36. The molecular formula is C15H22BrFN2. The van der Waals surface area contributed by atoms with Gasteiger partial charge in [0.15, 0.2) is 0 Å². The fourth-order valence-corrected chi connectivity index (χ4v) is 3.16. The van der Waals surface area contributed by atoms with Gasteiger partial charge in [-0.1, -0.05) is 22.0 Å². The van der Waals surface area contributed by atoms with Crippen LogP contribution in [0.4, 0.5) is 4.39 Å². The highest BCUT2D eigenvalue weighted by molar-refractivity contribution is 9.10. The minimum atomic E-state index is -0.105. The summed E-state index contributed by atoms with van der Waals surface area (Å²) in [5, 5.41) is 3.21. The van der Waals surface area contributed by atoms with Gasteiger partial charge < -0.3 is 5.32 Å². The Morgan fingerprint density at radius 3 is 2.74 bits per heavy atom. The topological polar surface area (TPSA) is 15.3 Å². The molecule has 0 aromatic heterocycles. The van der Waals surface area contributed by atoms with Crippen molar-refractivity contribution in [2.75, 3.05) is 26.7 Å². The van der Waals surface area contributed by atoms with Gasteiger partial charge in [-0.15, -0.1) is 0 Å². The fourth-order valence-electron chi connectivity index (χ4n) is 2.69. The molecule has 1 heterocycles. The van der Waals surface area contributed by atoms with Crippen molar-refractivity contribution in [2.24, 2.45) is 5.92 Å². The fraction of sp³-hybridized carbons (Fsp3) is 0.600. The Kier molecular flexibility index (Phi) is 5.79. The van der Waals surface area contributed by atoms with Crippen LogP contribution < -0.4 is 5.32 Å². The Balaban J connectivity index is 1.85. The van der Waals surface area contributed by atoms with Gasteiger partial charge in [-0.25, -0.2) is 4.39 Å². The lowest BCUT2D eigenvalue weighted by molar-refractivity contribution is 0.170. The SMILES string of the molecule is CNCCC1CCN(Cc2c(F)cccc2Br)CC1. The van der Waals surface area contributed by atoms with Crippen LogP contribution in [0.2, 0.25) is 0 Å². The van der Waals surface area contributed by atoms with Crippen LogP contribution in [0.25, 0.3) is 0 Å². The molecule has 106 valence electrons. The summed E-state index contributed by atoms with van der Waals surface area (Å²) in [6.07, 6.45) is 3.72. The Labute approximate surface area is 123 Å². The number of nitrogens with one attached hydrogen (secondary N) is 1. The number of likely N-dealkylation sites (tertiary alicyclic amines) is 1. The molecule has 0 atom stereocenters. The van der Waals surface area contributed by atoms with Crippen LogP contribution in [0.5, 0.6) is 0 Å². The molecule has 2 rings (SSSR count). The predicted octanol–water partition coefficient (Wildman–Crippen LogP) is 3.41. The van der Waals surface area contributed by atoms with Crippen LogP contribution in [-0.2, 0) is 6.54 Å². The minimum absolute atomic E-state index is 0.105. The molecule has 0 aliphatic carbocycles. The molecule has 1 saturated heterocycles. The number of benzene rings is 1. The smallest absolute Gasteiger partial charge is 0.128 e. The standard InChI is InChI=1S/C15H22BrFN2/c1-18-8-5-12-6-9-19(10-7-12)11-13-14(16)3-2-4-15(13)17/h2-4,12,18H,5-11H2,1H3. The molecule has 2 nitrogen and oxygen atoms in total. The lowest BCUT2D eigenvalue weighted by Gasteiger charge is -2.32. The predicted molar refractivity (Wildman–Crippen MR) is 80.6 cm³/mol. The Morgan fingerprint density at radius 1 is 1.37 bits per heavy atom. The van der Waals surface area contributed by atoms with Gasteiger partial charge in [0.25, 0.3) is 0 Å². The molecule has 0 bridgehead atoms. The van der Waals surface area contributed by atoms with Crippen molar-refractivity contribution in [3.63, 3.8) is 0 Å². The molecule has 1 fully saturated rings. The highest BCUT2D eigenvalue weighted by Gasteiger charge is 2.20. The van der Waals surface area contributed by atoms with E-state index < -0.39 is 0 Å². The second-order valence-corrected chi connectivity index (χ2v) is 6.17. The zero-order valence-corrected chi connectivity index (χ0v) is 13.0. The summed E-state index contributed by atoms with van der Waals surface area (Å²) in [5.41, 5.74) is 0.788. The van der Waals surface area contributed by atoms with E-state index >= 15 is 0 Å². The Bertz CT molecular complexity index is 383. The Morgan fingerprint density at radius 2 is 2.11 bits per heavy atom. The third-order valence-electron chi connectivity index (χ3n) is 3.95. The first-order chi connectivity index (χ1) is 9.20. The second-order valence-electron chi connectivity index (χ2n) is 5.31. The molecule has 0 amide bonds. The van der Waals surface area contributed by atoms with Crippen molar-refractivity contribution in [2.45, 2.75) is 25.8 Å². The van der Waals surface area contributed by atoms with Crippen LogP contribution in [0.3, 0.4) is 0 Å². The molecular weight excluding hydrogens is 307 g/mol. The van der Waals surface area contributed by atoms with E-state index in [0.29, 0.717) is 6.54 Å². The van der Waals surface area contributed by atoms with E-state index in [1.54, 1.807) is 12.1 Å². The maximum atomic E-state index is 13.8. The van der Waals surface area contributed by atoms with E-state index in [9.17, 15) is 4.39 Å². The molecule has 4 heteroatoms. The molecule has 0 unspecified atom stereocenters. The van der Waals surface area contributed by atoms with E-state index in [1.807, 2.05) is 13.1 Å². The number of rotatable bonds is 5. The maximum absolute atomic E-state index is 13.8. The van der Waals surface area contributed by atoms with Crippen LogP contribution in [-0.4, -0.2) is 31.6 Å². The average molecular weight is 329 g/mol. The number of halogens is 2. The molecule has 19 heavy (non-hydrogen) atoms. The summed E-state index contributed by atoms with van der Waals surface area (Å²) >= 11 is 3.45. The van der Waals surface area contributed by atoms with Crippen molar-refractivity contribution in [1.29, 1.82) is 0 Å². The molecule has 0 saturated carbocycles. The van der Waals surface area contributed by atoms with Crippen LogP contribution >= 0.6 is 15.9 Å². The summed E-state index contributed by atoms with van der Waals surface area (Å²) in [6.45, 7) is 3.97. The minimum Gasteiger partial charge on any atom is -0.320 e. The molecule has 1 aromatic carbocycles. The zero-order valence-electron chi connectivity index (χ0n) is 11.5. The van der Waals surface area contributed by atoms with E-state index in [4.69, 9.17) is 0 Å². The normalized spacial score (nSPS) is 17.8. The van der Waals surface area contributed by atoms with Gasteiger partial charge in [-0.2, -0.15) is 0 Å². The average Bonchev–Trinajstić information content (AvgIpc) is 2.42. The van der Waals surface area contributed by atoms with Crippen molar-refractivity contribution in [3.05, 3.63) is 34.1 Å². The van der Waals surface area contributed by atoms with Gasteiger partial charge in [0, 0.05) is 16.6 Å². The summed E-state index contributed by atoms with van der Waals surface area (Å²) in [4.78, 5) is 2.36. The molecule has 1 aliphatic heterocycles. The summed E-state index contributed by atoms with van der Waals surface area (Å²) in [7, 11) is 2.00. The molecule has 1 aromatic rings. The van der Waals surface area contributed by atoms with Crippen LogP contribution in [0, 0.1) is 11.7 Å². The third-order valence-corrected chi connectivity index (χ3v) is 4.70. The van der Waals surface area contributed by atoms with Gasteiger partial charge >= 0.3 is 0 Å². The zero-order chi connectivity index (χ0) is 13.7. The van der Waals surface area contributed by atoms with Crippen molar-refractivity contribution >= 4 is 15.9 Å². The lowest BCUT2D eigenvalue weighted by atomic mass is 9.93. The van der Waals surface area contributed by atoms with E-state index in [-0.39, 0.29) is 5.82 Å². The van der Waals surface area contributed by atoms with Crippen LogP contribution in [0.1, 0.15) is 24.8 Å². The summed E-state index contributed by atoms with van der Waals surface area (Å²) in [6, 6.07) is 5.20. The summed E-state index contributed by atoms with van der Waals surface area (Å²) < 4.78 is 14.7. The highest BCUT2D eigenvalue weighted by Crippen LogP contribution is 2.25. The first-order valence-electron chi connectivity index (χ1n) is 7.00. The van der Waals surface area contributed by atoms with E-state index in [1.165, 1.54) is 19.3 Å². The molecule has 0 radical (unpaired) electrons. The summed E-state index contributed by atoms with van der Waals surface area (Å²) in [5.74, 6) is 0.722. The van der Waals surface area contributed by atoms with Gasteiger partial charge in [-0.05, 0) is 64.0 Å². The molecule has 0 spiro atoms. The maximum Gasteiger partial charge on any atom is 0.128 e. The number of hydrogen-bond acceptors (Lipinski definition) is 2. The lowest BCUT2D eigenvalue weighted by Crippen LogP contribution is -2.34. The quantitative estimate of drug-likeness (QED) is 0.891. The first kappa shape index (κ1) is 14.9. The van der Waals surface area contributed by atoms with Gasteiger partial charge in [-0.3, -0.25) is 4.90 Å². The van der Waals surface area contributed by atoms with Crippen molar-refractivity contribution in [3.8, 4) is 0 Å². The van der Waals surface area contributed by atoms with E-state index in [0.717, 1.165) is 35.6 Å². The largest absolute Gasteiger partial charge is 0.320 e. The monoisotopic (exact) mass is 328 g/mol. The number of piperidine rings is 1. The van der Waals surface area contributed by atoms with Crippen LogP contribution in [0.15, 0.2) is 22.7 Å². The third kappa shape index (κ3) is 4.26. The first-order valence-corrected chi connectivity index (χ1v) is 7.80. The number of hydrogen-bond donors (Lipinski definition) is 1. The van der Waals surface area contributed by atoms with Gasteiger partial charge in [0.1, 0.15) is 5.82 Å². The van der Waals surface area contributed by atoms with E-state index in [2.05, 4.69) is 26.1 Å².